The first-order valence-corrected chi connectivity index (χ1v) is 22.7. The third-order valence-corrected chi connectivity index (χ3v) is 15.1. The lowest BCUT2D eigenvalue weighted by Crippen LogP contribution is -2.60. The van der Waals surface area contributed by atoms with Crippen LogP contribution in [-0.4, -0.2) is 115 Å². The van der Waals surface area contributed by atoms with Crippen molar-refractivity contribution in [3.8, 4) is 11.6 Å². The normalized spacial score (nSPS) is 30.3. The number of nitrogens with zero attached hydrogens (tertiary/aromatic N) is 3. The minimum atomic E-state index is -3.90. The van der Waals surface area contributed by atoms with Crippen LogP contribution in [0.2, 0.25) is 0 Å². The number of aromatic nitrogens is 1. The summed E-state index contributed by atoms with van der Waals surface area (Å²) in [6.07, 6.45) is 11.5. The highest BCUT2D eigenvalue weighted by Crippen LogP contribution is 2.47. The molecule has 3 saturated carbocycles. The number of benzene rings is 1. The van der Waals surface area contributed by atoms with Crippen LogP contribution in [0, 0.1) is 11.8 Å². The summed E-state index contributed by atoms with van der Waals surface area (Å²) in [6, 6.07) is 5.33. The van der Waals surface area contributed by atoms with Gasteiger partial charge in [0.2, 0.25) is 27.7 Å². The summed E-state index contributed by atoms with van der Waals surface area (Å²) in [5.74, 6) is -1.13. The maximum atomic E-state index is 15.0. The molecule has 16 heteroatoms. The Balaban J connectivity index is 1.13. The zero-order valence-electron chi connectivity index (χ0n) is 33.5. The van der Waals surface area contributed by atoms with Crippen molar-refractivity contribution in [2.45, 2.75) is 125 Å². The fraction of sp³-hybridized carbons (Fsp3) is 0.643. The van der Waals surface area contributed by atoms with Crippen molar-refractivity contribution in [2.24, 2.45) is 11.8 Å². The molecule has 3 N–H and O–H groups in total. The van der Waals surface area contributed by atoms with Crippen LogP contribution in [-0.2, 0) is 29.1 Å². The number of nitrogens with one attached hydrogen (secondary N) is 3. The molecule has 1 unspecified atom stereocenters. The van der Waals surface area contributed by atoms with Crippen LogP contribution in [0.15, 0.2) is 30.3 Å². The first kappa shape index (κ1) is 40.3. The van der Waals surface area contributed by atoms with Crippen molar-refractivity contribution in [3.05, 3.63) is 35.9 Å². The number of hydrogen-bond acceptors (Lipinski definition) is 10. The number of rotatable bonds is 8. The van der Waals surface area contributed by atoms with Gasteiger partial charge in [-0.15, -0.1) is 0 Å². The molecular weight excluding hydrogens is 765 g/mol. The van der Waals surface area contributed by atoms with Crippen LogP contribution >= 0.6 is 0 Å². The maximum Gasteiger partial charge on any atom is 0.318 e. The second-order valence-electron chi connectivity index (χ2n) is 17.0. The molecule has 6 aliphatic rings. The summed E-state index contributed by atoms with van der Waals surface area (Å²) >= 11 is 0. The largest absolute Gasteiger partial charge is 0.497 e. The van der Waals surface area contributed by atoms with E-state index in [0.717, 1.165) is 55.9 Å². The fourth-order valence-corrected chi connectivity index (χ4v) is 11.0. The van der Waals surface area contributed by atoms with Gasteiger partial charge in [0.25, 0.3) is 5.91 Å². The van der Waals surface area contributed by atoms with Gasteiger partial charge < -0.3 is 34.6 Å². The zero-order chi connectivity index (χ0) is 40.6. The minimum Gasteiger partial charge on any atom is -0.497 e. The zero-order valence-corrected chi connectivity index (χ0v) is 34.3. The van der Waals surface area contributed by atoms with Crippen LogP contribution in [0.4, 0.5) is 4.79 Å². The molecule has 5 fully saturated rings. The lowest BCUT2D eigenvalue weighted by Gasteiger charge is -2.33. The summed E-state index contributed by atoms with van der Waals surface area (Å²) in [5.41, 5.74) is -0.0420. The van der Waals surface area contributed by atoms with Crippen molar-refractivity contribution >= 4 is 50.8 Å². The van der Waals surface area contributed by atoms with Gasteiger partial charge in [0.1, 0.15) is 29.5 Å². The molecule has 8 rings (SSSR count). The molecule has 1 aromatic heterocycles. The van der Waals surface area contributed by atoms with E-state index in [9.17, 15) is 27.6 Å². The number of methoxy groups -OCH3 is 1. The molecule has 2 aromatic rings. The van der Waals surface area contributed by atoms with Gasteiger partial charge in [-0.1, -0.05) is 44.8 Å². The van der Waals surface area contributed by atoms with Crippen molar-refractivity contribution in [2.75, 3.05) is 33.4 Å². The van der Waals surface area contributed by atoms with E-state index >= 15 is 0 Å². The molecule has 2 saturated heterocycles. The molecule has 0 spiro atoms. The van der Waals surface area contributed by atoms with Crippen molar-refractivity contribution in [1.82, 2.24) is 30.1 Å². The lowest BCUT2D eigenvalue weighted by atomic mass is 9.96. The molecule has 6 atom stereocenters. The summed E-state index contributed by atoms with van der Waals surface area (Å²) in [6.45, 7) is 3.41. The van der Waals surface area contributed by atoms with Gasteiger partial charge in [0, 0.05) is 43.1 Å². The molecule has 314 valence electrons. The number of urea groups is 1. The van der Waals surface area contributed by atoms with Crippen molar-refractivity contribution in [1.29, 1.82) is 0 Å². The second kappa shape index (κ2) is 16.7. The number of pyridine rings is 1. The molecule has 4 bridgehead atoms. The van der Waals surface area contributed by atoms with Gasteiger partial charge in [-0.3, -0.25) is 19.1 Å². The van der Waals surface area contributed by atoms with E-state index in [-0.39, 0.29) is 49.3 Å². The summed E-state index contributed by atoms with van der Waals surface area (Å²) < 4.78 is 46.7. The highest BCUT2D eigenvalue weighted by atomic mass is 32.2. The van der Waals surface area contributed by atoms with Gasteiger partial charge in [0.05, 0.1) is 30.5 Å². The van der Waals surface area contributed by atoms with Crippen molar-refractivity contribution in [3.63, 3.8) is 0 Å². The number of fused-ring (bicyclic) bond motifs is 6. The Bertz CT molecular complexity index is 2050. The Morgan fingerprint density at radius 3 is 2.57 bits per heavy atom. The van der Waals surface area contributed by atoms with Gasteiger partial charge in [0.15, 0.2) is 0 Å². The number of carbonyl (C=O) groups excluding carboxylic acids is 4. The number of hydrogen-bond donors (Lipinski definition) is 3. The summed E-state index contributed by atoms with van der Waals surface area (Å²) in [4.78, 5) is 65.3. The smallest absolute Gasteiger partial charge is 0.318 e. The summed E-state index contributed by atoms with van der Waals surface area (Å²) in [5, 5.41) is 6.29. The molecule has 1 aromatic carbocycles. The van der Waals surface area contributed by atoms with Gasteiger partial charge in [-0.05, 0) is 81.4 Å². The lowest BCUT2D eigenvalue weighted by molar-refractivity contribution is -0.142. The number of allylic oxidation sites excluding steroid dienone is 1. The predicted octanol–water partition coefficient (Wildman–Crippen LogP) is 4.04. The average molecular weight is 821 g/mol. The average Bonchev–Trinajstić information content (AvgIpc) is 3.63. The first-order chi connectivity index (χ1) is 28.0. The highest BCUT2D eigenvalue weighted by molar-refractivity contribution is 7.90. The van der Waals surface area contributed by atoms with Crippen LogP contribution in [0.25, 0.3) is 17.0 Å². The predicted molar refractivity (Wildman–Crippen MR) is 215 cm³/mol. The quantitative estimate of drug-likeness (QED) is 0.351. The third-order valence-electron chi connectivity index (χ3n) is 13.2. The number of ether oxygens (including phenoxy) is 3. The minimum absolute atomic E-state index is 0.0308. The number of carbonyl (C=O) groups is 4. The third kappa shape index (κ3) is 8.23. The molecule has 3 aliphatic heterocycles. The Hall–Kier alpha value is -4.44. The van der Waals surface area contributed by atoms with Crippen LogP contribution < -0.4 is 24.8 Å². The monoisotopic (exact) mass is 820 g/mol. The van der Waals surface area contributed by atoms with E-state index in [0.29, 0.717) is 62.5 Å². The molecule has 3 aliphatic carbocycles. The number of amides is 5. The molecular formula is C42H56N6O9S. The Labute approximate surface area is 340 Å². The second-order valence-corrected chi connectivity index (χ2v) is 18.9. The Kier molecular flexibility index (Phi) is 11.6. The van der Waals surface area contributed by atoms with Crippen molar-refractivity contribution < 1.29 is 41.8 Å². The summed E-state index contributed by atoms with van der Waals surface area (Å²) in [7, 11) is -2.31. The van der Waals surface area contributed by atoms with Crippen LogP contribution in [0.5, 0.6) is 11.6 Å². The molecule has 5 amide bonds. The Morgan fingerprint density at radius 2 is 1.84 bits per heavy atom. The molecule has 0 radical (unpaired) electrons. The standard InChI is InChI=1S/C42H56N6O9S/c1-3-29-23-42(29,40(51)46-58(53,54)33-13-9-14-33)45-37(49)35-22-32-25-48(35)39(50)36(26-10-6-7-11-26)44-41(52)47-18-17-31(24-47)56-19-8-4-5-12-28-20-27-15-16-30(55-2)21-34(27)43-38(28)57-32/h5,12,15-16,20-21,26,29,31-33,35-36H,3-4,6-11,13-14,17-19,22-25H2,1-2H3,(H,44,52)(H,45,49)(H,46,51)/b12-5+/t29-,31+,32-,35?,36+,42-/m1/s1. The maximum absolute atomic E-state index is 15.0. The van der Waals surface area contributed by atoms with E-state index in [1.165, 1.54) is 4.90 Å². The van der Waals surface area contributed by atoms with E-state index in [2.05, 4.69) is 15.4 Å². The van der Waals surface area contributed by atoms with Crippen LogP contribution in [0.3, 0.4) is 0 Å². The fourth-order valence-electron chi connectivity index (χ4n) is 9.40. The number of sulfonamides is 1. The Morgan fingerprint density at radius 1 is 1.03 bits per heavy atom. The molecule has 15 nitrogen and oxygen atoms in total. The highest BCUT2D eigenvalue weighted by Gasteiger charge is 2.62. The topological polar surface area (TPSA) is 186 Å². The van der Waals surface area contributed by atoms with Gasteiger partial charge in [-0.2, -0.15) is 0 Å². The SMILES string of the molecule is CC[C@@H]1C[C@]1(NC(=O)C1C[C@@H]2CN1C(=O)[C@H](C1CCCC1)NC(=O)N1CC[C@@H](C1)OCCC/C=C/c1cc3ccc(OC)cc3nc1O2)C(=O)NS(=O)(=O)C1CCC1. The molecule has 4 heterocycles. The van der Waals surface area contributed by atoms with E-state index in [1.807, 2.05) is 43.3 Å². The van der Waals surface area contributed by atoms with E-state index in [1.54, 1.807) is 12.0 Å². The van der Waals surface area contributed by atoms with Gasteiger partial charge in [-0.25, -0.2) is 18.2 Å². The molecule has 58 heavy (non-hydrogen) atoms. The van der Waals surface area contributed by atoms with Gasteiger partial charge >= 0.3 is 6.03 Å². The van der Waals surface area contributed by atoms with Crippen LogP contribution in [0.1, 0.15) is 96.0 Å². The van der Waals surface area contributed by atoms with E-state index in [4.69, 9.17) is 19.2 Å². The van der Waals surface area contributed by atoms with E-state index < -0.39 is 50.8 Å². The first-order valence-electron chi connectivity index (χ1n) is 21.2.